The lowest BCUT2D eigenvalue weighted by molar-refractivity contribution is -0.137. The Morgan fingerprint density at radius 2 is 1.91 bits per heavy atom. The Balaban J connectivity index is 1.52. The van der Waals surface area contributed by atoms with Gasteiger partial charge < -0.3 is 19.7 Å². The number of ether oxygens (including phenoxy) is 2. The summed E-state index contributed by atoms with van der Waals surface area (Å²) in [6.07, 6.45) is -0.0355. The molecule has 3 aromatic carbocycles. The smallest absolute Gasteiger partial charge is 0.263 e. The summed E-state index contributed by atoms with van der Waals surface area (Å²) in [5.41, 5.74) is 2.76. The van der Waals surface area contributed by atoms with Gasteiger partial charge in [0.25, 0.3) is 11.8 Å². The van der Waals surface area contributed by atoms with Crippen LogP contribution in [0.5, 0.6) is 11.5 Å². The fourth-order valence-corrected chi connectivity index (χ4v) is 3.81. The van der Waals surface area contributed by atoms with Crippen molar-refractivity contribution < 1.29 is 23.5 Å². The predicted molar refractivity (Wildman–Crippen MR) is 123 cm³/mol. The Labute approximate surface area is 191 Å². The van der Waals surface area contributed by atoms with Gasteiger partial charge in [-0.15, -0.1) is 0 Å². The fourth-order valence-electron chi connectivity index (χ4n) is 3.81. The summed E-state index contributed by atoms with van der Waals surface area (Å²) in [5, 5.41) is 2.89. The van der Waals surface area contributed by atoms with E-state index in [9.17, 15) is 14.0 Å². The zero-order valence-electron chi connectivity index (χ0n) is 18.5. The van der Waals surface area contributed by atoms with Crippen molar-refractivity contribution in [2.75, 3.05) is 19.0 Å². The van der Waals surface area contributed by atoms with Crippen molar-refractivity contribution in [2.45, 2.75) is 26.0 Å². The Bertz CT molecular complexity index is 1160. The SMILES string of the molecule is COc1ccccc1C(=O)Nc1ccc2c(c1)CN(CCc1ccc(F)cc1)C(=O)C(C)O2. The highest BCUT2D eigenvalue weighted by Crippen LogP contribution is 2.29. The molecule has 1 heterocycles. The van der Waals surface area contributed by atoms with E-state index >= 15 is 0 Å². The minimum Gasteiger partial charge on any atom is -0.496 e. The molecule has 0 bridgehead atoms. The van der Waals surface area contributed by atoms with E-state index in [1.54, 1.807) is 60.4 Å². The van der Waals surface area contributed by atoms with E-state index in [1.807, 2.05) is 6.07 Å². The van der Waals surface area contributed by atoms with E-state index in [0.29, 0.717) is 42.3 Å². The molecule has 3 aromatic rings. The minimum absolute atomic E-state index is 0.118. The number of carbonyl (C=O) groups excluding carboxylic acids is 2. The van der Waals surface area contributed by atoms with Crippen LogP contribution >= 0.6 is 0 Å². The molecule has 0 aliphatic carbocycles. The summed E-state index contributed by atoms with van der Waals surface area (Å²) in [7, 11) is 1.52. The van der Waals surface area contributed by atoms with Crippen molar-refractivity contribution in [1.29, 1.82) is 0 Å². The maximum atomic E-state index is 13.2. The van der Waals surface area contributed by atoms with Gasteiger partial charge in [0.05, 0.1) is 12.7 Å². The van der Waals surface area contributed by atoms with E-state index < -0.39 is 6.10 Å². The van der Waals surface area contributed by atoms with Crippen LogP contribution in [0.3, 0.4) is 0 Å². The summed E-state index contributed by atoms with van der Waals surface area (Å²) >= 11 is 0. The second-order valence-corrected chi connectivity index (χ2v) is 7.87. The molecule has 0 spiro atoms. The van der Waals surface area contributed by atoms with Crippen molar-refractivity contribution in [2.24, 2.45) is 0 Å². The van der Waals surface area contributed by atoms with E-state index in [-0.39, 0.29) is 17.6 Å². The molecule has 1 N–H and O–H groups in total. The highest BCUT2D eigenvalue weighted by atomic mass is 19.1. The van der Waals surface area contributed by atoms with Crippen LogP contribution in [0.2, 0.25) is 0 Å². The van der Waals surface area contributed by atoms with Crippen molar-refractivity contribution in [1.82, 2.24) is 4.90 Å². The van der Waals surface area contributed by atoms with Gasteiger partial charge in [-0.25, -0.2) is 4.39 Å². The second-order valence-electron chi connectivity index (χ2n) is 7.87. The summed E-state index contributed by atoms with van der Waals surface area (Å²) in [5.74, 6) is 0.394. The van der Waals surface area contributed by atoms with Gasteiger partial charge in [0.1, 0.15) is 17.3 Å². The lowest BCUT2D eigenvalue weighted by atomic mass is 10.1. The van der Waals surface area contributed by atoms with Gasteiger partial charge in [0.15, 0.2) is 6.10 Å². The van der Waals surface area contributed by atoms with Crippen LogP contribution < -0.4 is 14.8 Å². The molecule has 1 aliphatic heterocycles. The van der Waals surface area contributed by atoms with Gasteiger partial charge in [0.2, 0.25) is 0 Å². The first-order valence-corrected chi connectivity index (χ1v) is 10.7. The van der Waals surface area contributed by atoms with E-state index in [1.165, 1.54) is 19.2 Å². The molecule has 0 fully saturated rings. The van der Waals surface area contributed by atoms with Crippen molar-refractivity contribution in [3.63, 3.8) is 0 Å². The molecule has 2 amide bonds. The third-order valence-corrected chi connectivity index (χ3v) is 5.58. The molecule has 1 atom stereocenters. The molecule has 1 aliphatic rings. The molecule has 6 nitrogen and oxygen atoms in total. The number of nitrogens with zero attached hydrogens (tertiary/aromatic N) is 1. The molecule has 0 aromatic heterocycles. The average molecular weight is 448 g/mol. The van der Waals surface area contributed by atoms with Gasteiger partial charge in [0, 0.05) is 24.3 Å². The second kappa shape index (κ2) is 9.73. The summed E-state index contributed by atoms with van der Waals surface area (Å²) < 4.78 is 24.3. The average Bonchev–Trinajstić information content (AvgIpc) is 2.94. The molecule has 0 radical (unpaired) electrons. The Morgan fingerprint density at radius 1 is 1.15 bits per heavy atom. The van der Waals surface area contributed by atoms with Crippen molar-refractivity contribution in [3.8, 4) is 11.5 Å². The summed E-state index contributed by atoms with van der Waals surface area (Å²) in [6, 6.07) is 18.6. The zero-order valence-corrected chi connectivity index (χ0v) is 18.5. The van der Waals surface area contributed by atoms with Crippen LogP contribution in [0.1, 0.15) is 28.4 Å². The molecule has 1 unspecified atom stereocenters. The minimum atomic E-state index is -0.631. The van der Waals surface area contributed by atoms with E-state index in [2.05, 4.69) is 5.32 Å². The first-order valence-electron chi connectivity index (χ1n) is 10.7. The van der Waals surface area contributed by atoms with Gasteiger partial charge in [-0.05, 0) is 61.4 Å². The van der Waals surface area contributed by atoms with Crippen LogP contribution in [-0.2, 0) is 17.8 Å². The number of fused-ring (bicyclic) bond motifs is 1. The quantitative estimate of drug-likeness (QED) is 0.606. The van der Waals surface area contributed by atoms with Crippen LogP contribution in [0.15, 0.2) is 66.7 Å². The van der Waals surface area contributed by atoms with E-state index in [4.69, 9.17) is 9.47 Å². The Hall–Kier alpha value is -3.87. The van der Waals surface area contributed by atoms with E-state index in [0.717, 1.165) is 11.1 Å². The summed E-state index contributed by atoms with van der Waals surface area (Å²) in [6.45, 7) is 2.53. The van der Waals surface area contributed by atoms with Crippen LogP contribution in [-0.4, -0.2) is 36.5 Å². The summed E-state index contributed by atoms with van der Waals surface area (Å²) in [4.78, 5) is 27.4. The molecule has 170 valence electrons. The fraction of sp³-hybridized carbons (Fsp3) is 0.231. The van der Waals surface area contributed by atoms with Crippen LogP contribution in [0, 0.1) is 5.82 Å². The highest BCUT2D eigenvalue weighted by molar-refractivity contribution is 6.06. The largest absolute Gasteiger partial charge is 0.496 e. The molecule has 0 saturated carbocycles. The number of hydrogen-bond acceptors (Lipinski definition) is 4. The Morgan fingerprint density at radius 3 is 2.67 bits per heavy atom. The number of amides is 2. The van der Waals surface area contributed by atoms with Gasteiger partial charge in [-0.3, -0.25) is 9.59 Å². The van der Waals surface area contributed by atoms with Crippen LogP contribution in [0.25, 0.3) is 0 Å². The van der Waals surface area contributed by atoms with Gasteiger partial charge in [-0.1, -0.05) is 24.3 Å². The maximum Gasteiger partial charge on any atom is 0.263 e. The molecule has 7 heteroatoms. The first-order chi connectivity index (χ1) is 15.9. The van der Waals surface area contributed by atoms with Gasteiger partial charge >= 0.3 is 0 Å². The monoisotopic (exact) mass is 448 g/mol. The highest BCUT2D eigenvalue weighted by Gasteiger charge is 2.28. The maximum absolute atomic E-state index is 13.2. The normalized spacial score (nSPS) is 15.3. The molecular weight excluding hydrogens is 423 g/mol. The molecular formula is C26H25FN2O4. The standard InChI is InChI=1S/C26H25FN2O4/c1-17-26(31)29(14-13-18-7-9-20(27)10-8-18)16-19-15-21(11-12-23(19)33-17)28-25(30)22-5-3-4-6-24(22)32-2/h3-12,15,17H,13-14,16H2,1-2H3,(H,28,30). The van der Waals surface area contributed by atoms with Gasteiger partial charge in [-0.2, -0.15) is 0 Å². The number of anilines is 1. The Kier molecular flexibility index (Phi) is 6.58. The van der Waals surface area contributed by atoms with Crippen molar-refractivity contribution in [3.05, 3.63) is 89.2 Å². The van der Waals surface area contributed by atoms with Crippen molar-refractivity contribution >= 4 is 17.5 Å². The first kappa shape index (κ1) is 22.3. The number of para-hydroxylation sites is 1. The third kappa shape index (κ3) is 5.14. The molecule has 0 saturated heterocycles. The predicted octanol–water partition coefficient (Wildman–Crippen LogP) is 4.44. The third-order valence-electron chi connectivity index (χ3n) is 5.58. The molecule has 4 rings (SSSR count). The molecule has 33 heavy (non-hydrogen) atoms. The lowest BCUT2D eigenvalue weighted by Gasteiger charge is -2.22. The number of carbonyl (C=O) groups is 2. The number of benzene rings is 3. The number of hydrogen-bond donors (Lipinski definition) is 1. The number of methoxy groups -OCH3 is 1. The van der Waals surface area contributed by atoms with Crippen LogP contribution in [0.4, 0.5) is 10.1 Å². The zero-order chi connectivity index (χ0) is 23.4. The number of rotatable bonds is 6. The lowest BCUT2D eigenvalue weighted by Crippen LogP contribution is -2.39. The topological polar surface area (TPSA) is 67.9 Å². The number of halogens is 1. The number of nitrogens with one attached hydrogen (secondary N) is 1.